The number of hydrogen-bond acceptors (Lipinski definition) is 5. The summed E-state index contributed by atoms with van der Waals surface area (Å²) < 4.78 is 7.79. The Balaban J connectivity index is 1.35. The van der Waals surface area contributed by atoms with Crippen molar-refractivity contribution in [3.05, 3.63) is 12.4 Å². The van der Waals surface area contributed by atoms with E-state index in [-0.39, 0.29) is 30.4 Å². The molecule has 2 atom stereocenters. The third kappa shape index (κ3) is 5.40. The van der Waals surface area contributed by atoms with Crippen LogP contribution in [0.4, 0.5) is 5.69 Å². The second-order valence-electron chi connectivity index (χ2n) is 9.42. The molecule has 4 rings (SSSR count). The van der Waals surface area contributed by atoms with Gasteiger partial charge in [0, 0.05) is 45.3 Å². The van der Waals surface area contributed by atoms with Crippen molar-refractivity contribution in [2.75, 3.05) is 45.7 Å². The monoisotopic (exact) mass is 417 g/mol. The highest BCUT2D eigenvalue weighted by molar-refractivity contribution is 5.93. The van der Waals surface area contributed by atoms with Crippen molar-refractivity contribution in [1.29, 1.82) is 0 Å². The summed E-state index contributed by atoms with van der Waals surface area (Å²) in [5.74, 6) is 1.06. The van der Waals surface area contributed by atoms with Gasteiger partial charge in [-0.25, -0.2) is 0 Å². The van der Waals surface area contributed by atoms with Gasteiger partial charge in [-0.3, -0.25) is 19.2 Å². The summed E-state index contributed by atoms with van der Waals surface area (Å²) in [7, 11) is 3.50. The van der Waals surface area contributed by atoms with E-state index in [9.17, 15) is 9.59 Å². The van der Waals surface area contributed by atoms with Crippen LogP contribution in [0, 0.1) is 11.8 Å². The van der Waals surface area contributed by atoms with Gasteiger partial charge in [0.1, 0.15) is 6.61 Å². The summed E-state index contributed by atoms with van der Waals surface area (Å²) in [6.07, 6.45) is 11.9. The van der Waals surface area contributed by atoms with E-state index in [0.29, 0.717) is 12.6 Å². The first kappa shape index (κ1) is 21.3. The fraction of sp³-hybridized carbons (Fsp3) is 0.773. The number of likely N-dealkylation sites (tertiary alicyclic amines) is 1. The highest BCUT2D eigenvalue weighted by Crippen LogP contribution is 2.33. The van der Waals surface area contributed by atoms with Crippen molar-refractivity contribution >= 4 is 17.5 Å². The van der Waals surface area contributed by atoms with Crippen LogP contribution < -0.4 is 5.32 Å². The highest BCUT2D eigenvalue weighted by Gasteiger charge is 2.36. The molecule has 0 radical (unpaired) electrons. The van der Waals surface area contributed by atoms with Gasteiger partial charge >= 0.3 is 0 Å². The average molecular weight is 418 g/mol. The maximum Gasteiger partial charge on any atom is 0.248 e. The molecule has 1 saturated heterocycles. The summed E-state index contributed by atoms with van der Waals surface area (Å²) in [4.78, 5) is 28.0. The Kier molecular flexibility index (Phi) is 6.73. The number of aromatic nitrogens is 2. The summed E-state index contributed by atoms with van der Waals surface area (Å²) in [5, 5.41) is 7.52. The molecule has 1 aromatic heterocycles. The first-order chi connectivity index (χ1) is 14.5. The molecule has 3 aliphatic rings. The molecular weight excluding hydrogens is 382 g/mol. The fourth-order valence-electron chi connectivity index (χ4n) is 4.67. The van der Waals surface area contributed by atoms with Crippen molar-refractivity contribution in [1.82, 2.24) is 19.6 Å². The van der Waals surface area contributed by atoms with Crippen LogP contribution in [-0.2, 0) is 14.3 Å². The summed E-state index contributed by atoms with van der Waals surface area (Å²) in [6, 6.07) is 0.551. The van der Waals surface area contributed by atoms with Gasteiger partial charge in [0.2, 0.25) is 11.8 Å². The maximum absolute atomic E-state index is 12.0. The number of ether oxygens (including phenoxy) is 1. The van der Waals surface area contributed by atoms with Crippen molar-refractivity contribution < 1.29 is 14.3 Å². The zero-order valence-corrected chi connectivity index (χ0v) is 18.3. The molecule has 0 spiro atoms. The Labute approximate surface area is 178 Å². The minimum Gasteiger partial charge on any atom is -0.370 e. The summed E-state index contributed by atoms with van der Waals surface area (Å²) in [6.45, 7) is 2.72. The minimum atomic E-state index is -0.00462. The molecule has 166 valence electrons. The van der Waals surface area contributed by atoms with Crippen LogP contribution in [0.3, 0.4) is 0 Å². The Hall–Kier alpha value is -1.93. The Morgan fingerprint density at radius 3 is 2.70 bits per heavy atom. The molecule has 3 fully saturated rings. The molecule has 8 heteroatoms. The molecule has 8 nitrogen and oxygen atoms in total. The number of nitrogens with one attached hydrogen (secondary N) is 1. The third-order valence-electron chi connectivity index (χ3n) is 6.70. The first-order valence-corrected chi connectivity index (χ1v) is 11.4. The lowest BCUT2D eigenvalue weighted by molar-refractivity contribution is -0.134. The number of anilines is 1. The quantitative estimate of drug-likeness (QED) is 0.666. The lowest BCUT2D eigenvalue weighted by Gasteiger charge is -2.27. The van der Waals surface area contributed by atoms with Gasteiger partial charge in [-0.1, -0.05) is 12.8 Å². The first-order valence-electron chi connectivity index (χ1n) is 11.4. The van der Waals surface area contributed by atoms with Gasteiger partial charge in [-0.05, 0) is 38.0 Å². The van der Waals surface area contributed by atoms with E-state index in [4.69, 9.17) is 4.74 Å². The number of amides is 2. The second-order valence-corrected chi connectivity index (χ2v) is 9.42. The van der Waals surface area contributed by atoms with E-state index in [0.717, 1.165) is 44.0 Å². The van der Waals surface area contributed by atoms with E-state index >= 15 is 0 Å². The fourth-order valence-corrected chi connectivity index (χ4v) is 4.67. The van der Waals surface area contributed by atoms with E-state index in [1.54, 1.807) is 25.2 Å². The van der Waals surface area contributed by atoms with Crippen LogP contribution in [0.25, 0.3) is 0 Å². The smallest absolute Gasteiger partial charge is 0.248 e. The van der Waals surface area contributed by atoms with E-state index in [1.807, 2.05) is 10.9 Å². The van der Waals surface area contributed by atoms with Crippen molar-refractivity contribution in [3.8, 4) is 0 Å². The molecule has 0 aromatic carbocycles. The molecule has 1 aliphatic heterocycles. The molecule has 1 aromatic rings. The van der Waals surface area contributed by atoms with E-state index in [1.165, 1.54) is 25.7 Å². The van der Waals surface area contributed by atoms with Crippen LogP contribution in [0.2, 0.25) is 0 Å². The molecule has 2 heterocycles. The van der Waals surface area contributed by atoms with E-state index < -0.39 is 0 Å². The predicted octanol–water partition coefficient (Wildman–Crippen LogP) is 2.14. The third-order valence-corrected chi connectivity index (χ3v) is 6.70. The zero-order chi connectivity index (χ0) is 21.1. The number of likely N-dealkylation sites (N-methyl/N-ethyl adjacent to an activating group) is 1. The topological polar surface area (TPSA) is 79.7 Å². The zero-order valence-electron chi connectivity index (χ0n) is 18.3. The van der Waals surface area contributed by atoms with Gasteiger partial charge in [-0.2, -0.15) is 5.10 Å². The molecule has 2 saturated carbocycles. The largest absolute Gasteiger partial charge is 0.370 e. The predicted molar refractivity (Wildman–Crippen MR) is 114 cm³/mol. The summed E-state index contributed by atoms with van der Waals surface area (Å²) in [5.41, 5.74) is 0.783. The van der Waals surface area contributed by atoms with Crippen LogP contribution in [0.1, 0.15) is 51.0 Å². The molecule has 1 N–H and O–H groups in total. The van der Waals surface area contributed by atoms with Crippen LogP contribution in [0.5, 0.6) is 0 Å². The maximum atomic E-state index is 12.0. The molecule has 0 bridgehead atoms. The minimum absolute atomic E-state index is 0.00462. The number of nitrogens with zero attached hydrogens (tertiary/aromatic N) is 4. The van der Waals surface area contributed by atoms with Crippen molar-refractivity contribution in [3.63, 3.8) is 0 Å². The van der Waals surface area contributed by atoms with Crippen molar-refractivity contribution in [2.45, 2.75) is 57.0 Å². The molecule has 30 heavy (non-hydrogen) atoms. The van der Waals surface area contributed by atoms with Crippen LogP contribution >= 0.6 is 0 Å². The van der Waals surface area contributed by atoms with Gasteiger partial charge in [-0.15, -0.1) is 0 Å². The lowest BCUT2D eigenvalue weighted by Crippen LogP contribution is -2.37. The lowest BCUT2D eigenvalue weighted by atomic mass is 10.1. The SMILES string of the molecule is CN(C)C(=O)COC[C@@H]1C[C@H](n2cc(NC(=O)C3CC3)cn2)CN1CC1CCCC1. The highest BCUT2D eigenvalue weighted by atomic mass is 16.5. The number of carbonyl (C=O) groups excluding carboxylic acids is 2. The van der Waals surface area contributed by atoms with Gasteiger partial charge in [0.05, 0.1) is 24.5 Å². The van der Waals surface area contributed by atoms with Gasteiger partial charge < -0.3 is 15.0 Å². The molecule has 2 aliphatic carbocycles. The molecule has 0 unspecified atom stereocenters. The Morgan fingerprint density at radius 2 is 2.00 bits per heavy atom. The summed E-state index contributed by atoms with van der Waals surface area (Å²) >= 11 is 0. The number of carbonyl (C=O) groups is 2. The number of hydrogen-bond donors (Lipinski definition) is 1. The number of rotatable bonds is 9. The second kappa shape index (κ2) is 9.47. The van der Waals surface area contributed by atoms with E-state index in [2.05, 4.69) is 15.3 Å². The van der Waals surface area contributed by atoms with Crippen molar-refractivity contribution in [2.24, 2.45) is 11.8 Å². The average Bonchev–Trinajstić information content (AvgIpc) is 3.09. The Morgan fingerprint density at radius 1 is 1.23 bits per heavy atom. The molecule has 2 amide bonds. The molecular formula is C22H35N5O3. The van der Waals surface area contributed by atoms with Crippen LogP contribution in [0.15, 0.2) is 12.4 Å². The standard InChI is InChI=1S/C22H35N5O3/c1-25(2)21(28)15-30-14-20-9-19(13-26(20)11-16-5-3-4-6-16)27-12-18(10-23-27)24-22(29)17-7-8-17/h10,12,16-17,19-20H,3-9,11,13-15H2,1-2H3,(H,24,29)/t19-,20-/m0/s1. The Bertz CT molecular complexity index is 739. The van der Waals surface area contributed by atoms with Gasteiger partial charge in [0.25, 0.3) is 0 Å². The van der Waals surface area contributed by atoms with Crippen LogP contribution in [-0.4, -0.2) is 77.8 Å². The normalized spacial score (nSPS) is 25.0. The van der Waals surface area contributed by atoms with Gasteiger partial charge in [0.15, 0.2) is 0 Å².